The van der Waals surface area contributed by atoms with E-state index in [1.165, 1.54) is 24.3 Å². The molecule has 2 N–H and O–H groups in total. The smallest absolute Gasteiger partial charge is 0.316 e. The van der Waals surface area contributed by atoms with E-state index in [4.69, 9.17) is 23.2 Å². The van der Waals surface area contributed by atoms with Crippen molar-refractivity contribution in [3.8, 4) is 0 Å². The summed E-state index contributed by atoms with van der Waals surface area (Å²) in [5.41, 5.74) is 2.29. The number of carbonyl (C=O) groups excluding carboxylic acids is 2. The SMILES string of the molecule is O=C(NN=Cc1cc([N+](=O)[O-])ccc1Cl)C(=O)Nc1ccccc1Cl. The monoisotopic (exact) mass is 380 g/mol. The molecule has 0 radical (unpaired) electrons. The average molecular weight is 381 g/mol. The van der Waals surface area contributed by atoms with Crippen molar-refractivity contribution in [2.24, 2.45) is 5.10 Å². The topological polar surface area (TPSA) is 114 Å². The van der Waals surface area contributed by atoms with Crippen LogP contribution in [0.5, 0.6) is 0 Å². The number of non-ortho nitro benzene ring substituents is 1. The lowest BCUT2D eigenvalue weighted by Gasteiger charge is -2.05. The quantitative estimate of drug-likeness (QED) is 0.367. The van der Waals surface area contributed by atoms with Gasteiger partial charge in [-0.15, -0.1) is 0 Å². The van der Waals surface area contributed by atoms with Gasteiger partial charge in [-0.25, -0.2) is 5.43 Å². The molecule has 0 aliphatic carbocycles. The van der Waals surface area contributed by atoms with Gasteiger partial charge in [0.15, 0.2) is 0 Å². The number of para-hydroxylation sites is 1. The van der Waals surface area contributed by atoms with Crippen LogP contribution in [0.2, 0.25) is 10.0 Å². The first kappa shape index (κ1) is 18.4. The highest BCUT2D eigenvalue weighted by Crippen LogP contribution is 2.21. The minimum Gasteiger partial charge on any atom is -0.316 e. The molecule has 2 aromatic rings. The second-order valence-corrected chi connectivity index (χ2v) is 5.41. The van der Waals surface area contributed by atoms with Gasteiger partial charge in [0, 0.05) is 22.7 Å². The molecule has 2 rings (SSSR count). The Balaban J connectivity index is 2.01. The highest BCUT2D eigenvalue weighted by molar-refractivity contribution is 6.41. The predicted octanol–water partition coefficient (Wildman–Crippen LogP) is 2.99. The summed E-state index contributed by atoms with van der Waals surface area (Å²) in [7, 11) is 0. The van der Waals surface area contributed by atoms with Crippen molar-refractivity contribution in [2.45, 2.75) is 0 Å². The van der Waals surface area contributed by atoms with E-state index in [2.05, 4.69) is 10.4 Å². The number of anilines is 1. The zero-order valence-corrected chi connectivity index (χ0v) is 13.9. The first-order valence-electron chi connectivity index (χ1n) is 6.71. The third-order valence-electron chi connectivity index (χ3n) is 2.89. The summed E-state index contributed by atoms with van der Waals surface area (Å²) in [4.78, 5) is 33.6. The lowest BCUT2D eigenvalue weighted by Crippen LogP contribution is -2.32. The Bertz CT molecular complexity index is 870. The second kappa shape index (κ2) is 8.22. The summed E-state index contributed by atoms with van der Waals surface area (Å²) in [6.07, 6.45) is 1.09. The van der Waals surface area contributed by atoms with Gasteiger partial charge in [-0.3, -0.25) is 19.7 Å². The number of rotatable bonds is 4. The van der Waals surface area contributed by atoms with Crippen LogP contribution in [-0.4, -0.2) is 23.0 Å². The maximum Gasteiger partial charge on any atom is 0.329 e. The number of amides is 2. The average Bonchev–Trinajstić information content (AvgIpc) is 2.58. The number of nitrogens with zero attached hydrogens (tertiary/aromatic N) is 2. The number of benzene rings is 2. The van der Waals surface area contributed by atoms with E-state index >= 15 is 0 Å². The van der Waals surface area contributed by atoms with Crippen LogP contribution in [-0.2, 0) is 9.59 Å². The Hall–Kier alpha value is -2.97. The molecule has 0 unspecified atom stereocenters. The number of hydrogen-bond donors (Lipinski definition) is 2. The molecule has 0 bridgehead atoms. The van der Waals surface area contributed by atoms with Gasteiger partial charge in [-0.2, -0.15) is 5.10 Å². The number of carbonyl (C=O) groups is 2. The summed E-state index contributed by atoms with van der Waals surface area (Å²) in [6, 6.07) is 10.1. The molecule has 2 aromatic carbocycles. The number of nitrogens with one attached hydrogen (secondary N) is 2. The molecule has 0 fully saturated rings. The highest BCUT2D eigenvalue weighted by atomic mass is 35.5. The molecule has 0 spiro atoms. The Morgan fingerprint density at radius 3 is 2.48 bits per heavy atom. The van der Waals surface area contributed by atoms with Gasteiger partial charge in [-0.1, -0.05) is 35.3 Å². The molecule has 0 saturated heterocycles. The third kappa shape index (κ3) is 5.00. The number of nitro benzene ring substituents is 1. The zero-order valence-electron chi connectivity index (χ0n) is 12.4. The lowest BCUT2D eigenvalue weighted by atomic mass is 10.2. The summed E-state index contributed by atoms with van der Waals surface area (Å²) < 4.78 is 0. The van der Waals surface area contributed by atoms with Crippen molar-refractivity contribution >= 4 is 52.6 Å². The molecule has 0 atom stereocenters. The van der Waals surface area contributed by atoms with Gasteiger partial charge in [0.1, 0.15) is 0 Å². The van der Waals surface area contributed by atoms with Gasteiger partial charge in [0.2, 0.25) is 0 Å². The van der Waals surface area contributed by atoms with E-state index in [-0.39, 0.29) is 27.0 Å². The van der Waals surface area contributed by atoms with Crippen LogP contribution < -0.4 is 10.7 Å². The van der Waals surface area contributed by atoms with Gasteiger partial charge < -0.3 is 5.32 Å². The fourth-order valence-corrected chi connectivity index (χ4v) is 2.05. The first-order chi connectivity index (χ1) is 11.9. The number of hydrazone groups is 1. The van der Waals surface area contributed by atoms with Crippen molar-refractivity contribution in [1.82, 2.24) is 5.43 Å². The maximum absolute atomic E-state index is 11.7. The van der Waals surface area contributed by atoms with Crippen LogP contribution in [0.15, 0.2) is 47.6 Å². The van der Waals surface area contributed by atoms with Gasteiger partial charge in [0.25, 0.3) is 5.69 Å². The first-order valence-corrected chi connectivity index (χ1v) is 7.47. The highest BCUT2D eigenvalue weighted by Gasteiger charge is 2.14. The minimum atomic E-state index is -1.04. The van der Waals surface area contributed by atoms with Crippen LogP contribution in [0.4, 0.5) is 11.4 Å². The standard InChI is InChI=1S/C15H10Cl2N4O4/c16-11-6-5-10(21(24)25)7-9(11)8-18-20-15(23)14(22)19-13-4-2-1-3-12(13)17/h1-8H,(H,19,22)(H,20,23). The molecule has 10 heteroatoms. The molecule has 0 saturated carbocycles. The van der Waals surface area contributed by atoms with Crippen molar-refractivity contribution in [1.29, 1.82) is 0 Å². The van der Waals surface area contributed by atoms with Crippen molar-refractivity contribution < 1.29 is 14.5 Å². The van der Waals surface area contributed by atoms with E-state index in [0.29, 0.717) is 0 Å². The third-order valence-corrected chi connectivity index (χ3v) is 3.56. The molecule has 0 heterocycles. The molecule has 25 heavy (non-hydrogen) atoms. The number of hydrogen-bond acceptors (Lipinski definition) is 5. The Morgan fingerprint density at radius 1 is 1.08 bits per heavy atom. The van der Waals surface area contributed by atoms with Crippen molar-refractivity contribution in [3.63, 3.8) is 0 Å². The normalized spacial score (nSPS) is 10.5. The van der Waals surface area contributed by atoms with Crippen LogP contribution in [0.3, 0.4) is 0 Å². The molecule has 0 aliphatic heterocycles. The summed E-state index contributed by atoms with van der Waals surface area (Å²) >= 11 is 11.8. The van der Waals surface area contributed by atoms with Crippen LogP contribution in [0, 0.1) is 10.1 Å². The largest absolute Gasteiger partial charge is 0.329 e. The summed E-state index contributed by atoms with van der Waals surface area (Å²) in [5, 5.41) is 17.1. The van der Waals surface area contributed by atoms with E-state index in [0.717, 1.165) is 6.21 Å². The molecular formula is C15H10Cl2N4O4. The Morgan fingerprint density at radius 2 is 1.80 bits per heavy atom. The predicted molar refractivity (Wildman–Crippen MR) is 93.9 cm³/mol. The summed E-state index contributed by atoms with van der Waals surface area (Å²) in [6.45, 7) is 0. The van der Waals surface area contributed by atoms with Crippen LogP contribution in [0.25, 0.3) is 0 Å². The minimum absolute atomic E-state index is 0.186. The van der Waals surface area contributed by atoms with E-state index in [1.807, 2.05) is 5.43 Å². The van der Waals surface area contributed by atoms with Gasteiger partial charge in [-0.05, 0) is 18.2 Å². The molecule has 0 aromatic heterocycles. The molecule has 0 aliphatic rings. The maximum atomic E-state index is 11.7. The second-order valence-electron chi connectivity index (χ2n) is 4.60. The van der Waals surface area contributed by atoms with Crippen LogP contribution >= 0.6 is 23.2 Å². The fraction of sp³-hybridized carbons (Fsp3) is 0. The van der Waals surface area contributed by atoms with Gasteiger partial charge in [0.05, 0.1) is 21.8 Å². The molecule has 2 amide bonds. The number of nitro groups is 1. The van der Waals surface area contributed by atoms with E-state index < -0.39 is 16.7 Å². The number of halogens is 2. The molecular weight excluding hydrogens is 371 g/mol. The zero-order chi connectivity index (χ0) is 18.4. The van der Waals surface area contributed by atoms with Crippen molar-refractivity contribution in [2.75, 3.05) is 5.32 Å². The Kier molecular flexibility index (Phi) is 6.04. The van der Waals surface area contributed by atoms with E-state index in [1.54, 1.807) is 18.2 Å². The van der Waals surface area contributed by atoms with E-state index in [9.17, 15) is 19.7 Å². The fourth-order valence-electron chi connectivity index (χ4n) is 1.70. The van der Waals surface area contributed by atoms with Crippen molar-refractivity contribution in [3.05, 3.63) is 68.2 Å². The molecule has 8 nitrogen and oxygen atoms in total. The molecule has 128 valence electrons. The summed E-state index contributed by atoms with van der Waals surface area (Å²) in [5.74, 6) is -2.02. The van der Waals surface area contributed by atoms with Gasteiger partial charge >= 0.3 is 11.8 Å². The van der Waals surface area contributed by atoms with Crippen LogP contribution in [0.1, 0.15) is 5.56 Å². The Labute approximate surface area is 151 Å². The lowest BCUT2D eigenvalue weighted by molar-refractivity contribution is -0.384.